The second-order valence-electron chi connectivity index (χ2n) is 4.25. The molecule has 0 aromatic heterocycles. The molecule has 0 bridgehead atoms. The molecule has 0 unspecified atom stereocenters. The fraction of sp³-hybridized carbons (Fsp3) is 0.133. The van der Waals surface area contributed by atoms with Crippen LogP contribution in [0.25, 0.3) is 0 Å². The third-order valence-corrected chi connectivity index (χ3v) is 3.02. The molecule has 0 aliphatic carbocycles. The first-order chi connectivity index (χ1) is 8.58. The Hall–Kier alpha value is -2.29. The lowest BCUT2D eigenvalue weighted by Crippen LogP contribution is -1.98. The van der Waals surface area contributed by atoms with E-state index in [9.17, 15) is 4.79 Å². The van der Waals surface area contributed by atoms with Crippen molar-refractivity contribution in [2.24, 2.45) is 0 Å². The molecule has 3 heteroatoms. The molecule has 0 aliphatic heterocycles. The molecule has 2 aromatic rings. The van der Waals surface area contributed by atoms with Gasteiger partial charge < -0.3 is 10.4 Å². The molecule has 0 heterocycles. The average Bonchev–Trinajstić information content (AvgIpc) is 2.36. The second kappa shape index (κ2) is 4.92. The number of rotatable bonds is 3. The van der Waals surface area contributed by atoms with Gasteiger partial charge in [-0.05, 0) is 55.3 Å². The predicted octanol–water partition coefficient (Wildman–Crippen LogP) is 3.75. The van der Waals surface area contributed by atoms with E-state index in [0.29, 0.717) is 5.56 Å². The molecule has 0 saturated heterocycles. The highest BCUT2D eigenvalue weighted by Gasteiger charge is 2.03. The van der Waals surface area contributed by atoms with Gasteiger partial charge in [-0.25, -0.2) is 4.79 Å². The number of aryl methyl sites for hydroxylation is 1. The summed E-state index contributed by atoms with van der Waals surface area (Å²) < 4.78 is 0. The topological polar surface area (TPSA) is 49.3 Å². The number of carboxylic acid groups (broad SMARTS) is 1. The van der Waals surface area contributed by atoms with Crippen LogP contribution >= 0.6 is 0 Å². The minimum Gasteiger partial charge on any atom is -0.478 e. The highest BCUT2D eigenvalue weighted by atomic mass is 16.4. The number of hydrogen-bond donors (Lipinski definition) is 2. The maximum Gasteiger partial charge on any atom is 0.335 e. The Bertz CT molecular complexity index is 574. The van der Waals surface area contributed by atoms with Gasteiger partial charge in [0.2, 0.25) is 0 Å². The van der Waals surface area contributed by atoms with Crippen molar-refractivity contribution in [2.75, 3.05) is 5.32 Å². The number of hydrogen-bond acceptors (Lipinski definition) is 2. The zero-order valence-corrected chi connectivity index (χ0v) is 10.4. The average molecular weight is 241 g/mol. The van der Waals surface area contributed by atoms with Gasteiger partial charge in [-0.2, -0.15) is 0 Å². The molecule has 0 saturated carbocycles. The van der Waals surface area contributed by atoms with Crippen LogP contribution in [0.2, 0.25) is 0 Å². The quantitative estimate of drug-likeness (QED) is 0.860. The first-order valence-corrected chi connectivity index (χ1v) is 5.74. The molecule has 3 nitrogen and oxygen atoms in total. The SMILES string of the molecule is Cc1cccc(Nc2ccc(C(=O)O)cc2)c1C. The second-order valence-corrected chi connectivity index (χ2v) is 4.25. The Labute approximate surface area is 106 Å². The van der Waals surface area contributed by atoms with Crippen LogP contribution in [0.5, 0.6) is 0 Å². The van der Waals surface area contributed by atoms with Crippen LogP contribution < -0.4 is 5.32 Å². The molecule has 0 amide bonds. The zero-order chi connectivity index (χ0) is 13.1. The molecule has 2 rings (SSSR count). The number of anilines is 2. The predicted molar refractivity (Wildman–Crippen MR) is 72.6 cm³/mol. The smallest absolute Gasteiger partial charge is 0.335 e. The lowest BCUT2D eigenvalue weighted by atomic mass is 10.1. The van der Waals surface area contributed by atoms with Crippen LogP contribution in [0.3, 0.4) is 0 Å². The highest BCUT2D eigenvalue weighted by molar-refractivity contribution is 5.88. The van der Waals surface area contributed by atoms with Crippen LogP contribution in [-0.2, 0) is 0 Å². The van der Waals surface area contributed by atoms with E-state index < -0.39 is 5.97 Å². The van der Waals surface area contributed by atoms with Crippen LogP contribution in [0.4, 0.5) is 11.4 Å². The summed E-state index contributed by atoms with van der Waals surface area (Å²) in [6, 6.07) is 12.8. The summed E-state index contributed by atoms with van der Waals surface area (Å²) in [4.78, 5) is 10.7. The number of benzene rings is 2. The first-order valence-electron chi connectivity index (χ1n) is 5.74. The molecular formula is C15H15NO2. The Balaban J connectivity index is 2.24. The van der Waals surface area contributed by atoms with Crippen molar-refractivity contribution >= 4 is 17.3 Å². The number of nitrogens with one attached hydrogen (secondary N) is 1. The van der Waals surface area contributed by atoms with E-state index in [4.69, 9.17) is 5.11 Å². The zero-order valence-electron chi connectivity index (χ0n) is 10.4. The summed E-state index contributed by atoms with van der Waals surface area (Å²) >= 11 is 0. The molecule has 92 valence electrons. The van der Waals surface area contributed by atoms with Crippen LogP contribution in [0, 0.1) is 13.8 Å². The van der Waals surface area contributed by atoms with E-state index in [-0.39, 0.29) is 0 Å². The van der Waals surface area contributed by atoms with Gasteiger partial charge in [0.25, 0.3) is 0 Å². The Kier molecular flexibility index (Phi) is 3.33. The maximum atomic E-state index is 10.7. The van der Waals surface area contributed by atoms with Crippen LogP contribution in [-0.4, -0.2) is 11.1 Å². The van der Waals surface area contributed by atoms with Crippen molar-refractivity contribution in [2.45, 2.75) is 13.8 Å². The van der Waals surface area contributed by atoms with Gasteiger partial charge in [-0.15, -0.1) is 0 Å². The van der Waals surface area contributed by atoms with E-state index in [2.05, 4.69) is 25.2 Å². The van der Waals surface area contributed by atoms with Gasteiger partial charge in [-0.1, -0.05) is 12.1 Å². The highest BCUT2D eigenvalue weighted by Crippen LogP contribution is 2.22. The van der Waals surface area contributed by atoms with E-state index in [1.165, 1.54) is 11.1 Å². The van der Waals surface area contributed by atoms with Gasteiger partial charge in [-0.3, -0.25) is 0 Å². The van der Waals surface area contributed by atoms with E-state index in [1.807, 2.05) is 12.1 Å². The van der Waals surface area contributed by atoms with Crippen molar-refractivity contribution in [3.05, 3.63) is 59.2 Å². The molecule has 18 heavy (non-hydrogen) atoms. The third-order valence-electron chi connectivity index (χ3n) is 3.02. The summed E-state index contributed by atoms with van der Waals surface area (Å²) in [5.74, 6) is -0.909. The van der Waals surface area contributed by atoms with Gasteiger partial charge in [0, 0.05) is 11.4 Å². The Morgan fingerprint density at radius 2 is 1.72 bits per heavy atom. The van der Waals surface area contributed by atoms with Gasteiger partial charge >= 0.3 is 5.97 Å². The molecule has 2 aromatic carbocycles. The van der Waals surface area contributed by atoms with E-state index in [0.717, 1.165) is 11.4 Å². The Morgan fingerprint density at radius 3 is 2.33 bits per heavy atom. The Morgan fingerprint density at radius 1 is 1.06 bits per heavy atom. The van der Waals surface area contributed by atoms with E-state index in [1.54, 1.807) is 24.3 Å². The van der Waals surface area contributed by atoms with Crippen LogP contribution in [0.15, 0.2) is 42.5 Å². The number of carbonyl (C=O) groups is 1. The van der Waals surface area contributed by atoms with Crippen molar-refractivity contribution < 1.29 is 9.90 Å². The molecule has 0 atom stereocenters. The minimum absolute atomic E-state index is 0.293. The normalized spacial score (nSPS) is 10.1. The van der Waals surface area contributed by atoms with Crippen molar-refractivity contribution in [3.8, 4) is 0 Å². The number of carboxylic acids is 1. The number of aromatic carboxylic acids is 1. The summed E-state index contributed by atoms with van der Waals surface area (Å²) in [7, 11) is 0. The van der Waals surface area contributed by atoms with Crippen molar-refractivity contribution in [1.29, 1.82) is 0 Å². The summed E-state index contributed by atoms with van der Waals surface area (Å²) in [6.07, 6.45) is 0. The van der Waals surface area contributed by atoms with Crippen LogP contribution in [0.1, 0.15) is 21.5 Å². The third kappa shape index (κ3) is 2.51. The monoisotopic (exact) mass is 241 g/mol. The lowest BCUT2D eigenvalue weighted by Gasteiger charge is -2.11. The van der Waals surface area contributed by atoms with Gasteiger partial charge in [0.05, 0.1) is 5.56 Å². The summed E-state index contributed by atoms with van der Waals surface area (Å²) in [5, 5.41) is 12.1. The molecule has 0 aliphatic rings. The van der Waals surface area contributed by atoms with E-state index >= 15 is 0 Å². The fourth-order valence-corrected chi connectivity index (χ4v) is 1.74. The standard InChI is InChI=1S/C15H15NO2/c1-10-4-3-5-14(11(10)2)16-13-8-6-12(7-9-13)15(17)18/h3-9,16H,1-2H3,(H,17,18). The molecule has 2 N–H and O–H groups in total. The van der Waals surface area contributed by atoms with Crippen molar-refractivity contribution in [3.63, 3.8) is 0 Å². The van der Waals surface area contributed by atoms with Crippen molar-refractivity contribution in [1.82, 2.24) is 0 Å². The van der Waals surface area contributed by atoms with Gasteiger partial charge in [0.1, 0.15) is 0 Å². The minimum atomic E-state index is -0.909. The summed E-state index contributed by atoms with van der Waals surface area (Å²) in [6.45, 7) is 4.12. The maximum absolute atomic E-state index is 10.7. The summed E-state index contributed by atoms with van der Waals surface area (Å²) in [5.41, 5.74) is 4.63. The molecule has 0 fully saturated rings. The largest absolute Gasteiger partial charge is 0.478 e. The fourth-order valence-electron chi connectivity index (χ4n) is 1.74. The molecule has 0 radical (unpaired) electrons. The first kappa shape index (κ1) is 12.2. The molecule has 0 spiro atoms. The lowest BCUT2D eigenvalue weighted by molar-refractivity contribution is 0.0697. The van der Waals surface area contributed by atoms with Gasteiger partial charge in [0.15, 0.2) is 0 Å². The molecular weight excluding hydrogens is 226 g/mol.